The average Bonchev–Trinajstić information content (AvgIpc) is 3.02. The van der Waals surface area contributed by atoms with E-state index in [4.69, 9.17) is 5.11 Å². The maximum absolute atomic E-state index is 12.5. The van der Waals surface area contributed by atoms with Gasteiger partial charge in [-0.1, -0.05) is 0 Å². The second-order valence-electron chi connectivity index (χ2n) is 6.02. The summed E-state index contributed by atoms with van der Waals surface area (Å²) in [6.07, 6.45) is 0. The van der Waals surface area contributed by atoms with Crippen molar-refractivity contribution in [2.45, 2.75) is 6.92 Å². The van der Waals surface area contributed by atoms with E-state index in [2.05, 4.69) is 10.6 Å². The van der Waals surface area contributed by atoms with Gasteiger partial charge in [0.25, 0.3) is 0 Å². The van der Waals surface area contributed by atoms with Crippen LogP contribution in [0.3, 0.4) is 0 Å². The van der Waals surface area contributed by atoms with Crippen molar-refractivity contribution in [3.63, 3.8) is 0 Å². The number of aryl methyl sites for hydroxylation is 1. The van der Waals surface area contributed by atoms with Gasteiger partial charge in [0.05, 0.1) is 11.5 Å². The van der Waals surface area contributed by atoms with Crippen molar-refractivity contribution in [3.05, 3.63) is 41.3 Å². The highest BCUT2D eigenvalue weighted by atomic mass is 32.1. The smallest absolute Gasteiger partial charge is 0.323 e. The van der Waals surface area contributed by atoms with Crippen molar-refractivity contribution in [1.29, 1.82) is 0 Å². The van der Waals surface area contributed by atoms with Crippen molar-refractivity contribution in [2.75, 3.05) is 42.3 Å². The highest BCUT2D eigenvalue weighted by Crippen LogP contribution is 2.22. The molecule has 0 fully saturated rings. The van der Waals surface area contributed by atoms with Crippen LogP contribution in [-0.4, -0.2) is 50.2 Å². The monoisotopic (exact) mass is 390 g/mol. The molecule has 2 aromatic rings. The summed E-state index contributed by atoms with van der Waals surface area (Å²) in [4.78, 5) is 38.6. The highest BCUT2D eigenvalue weighted by Gasteiger charge is 2.19. The Bertz CT molecular complexity index is 817. The lowest BCUT2D eigenvalue weighted by molar-refractivity contribution is -0.136. The summed E-state index contributed by atoms with van der Waals surface area (Å²) < 4.78 is 0. The summed E-state index contributed by atoms with van der Waals surface area (Å²) >= 11 is 1.38. The van der Waals surface area contributed by atoms with Crippen LogP contribution in [0.2, 0.25) is 0 Å². The Morgan fingerprint density at radius 2 is 1.70 bits per heavy atom. The molecule has 9 heteroatoms. The van der Waals surface area contributed by atoms with Gasteiger partial charge in [-0.15, -0.1) is 11.3 Å². The number of urea groups is 1. The molecule has 0 radical (unpaired) electrons. The van der Waals surface area contributed by atoms with Gasteiger partial charge in [-0.25, -0.2) is 4.79 Å². The number of carboxylic acid groups (broad SMARTS) is 1. The number of hydrogen-bond acceptors (Lipinski definition) is 5. The van der Waals surface area contributed by atoms with Crippen LogP contribution in [0.15, 0.2) is 35.7 Å². The number of carboxylic acids is 1. The summed E-state index contributed by atoms with van der Waals surface area (Å²) in [5.41, 5.74) is 2.30. The second kappa shape index (κ2) is 9.04. The van der Waals surface area contributed by atoms with Crippen molar-refractivity contribution in [2.24, 2.45) is 0 Å². The Kier molecular flexibility index (Phi) is 6.78. The zero-order valence-corrected chi connectivity index (χ0v) is 16.2. The number of thiophene rings is 1. The summed E-state index contributed by atoms with van der Waals surface area (Å²) in [6.45, 7) is 1.05. The minimum atomic E-state index is -1.14. The van der Waals surface area contributed by atoms with Crippen LogP contribution in [0, 0.1) is 6.92 Å². The summed E-state index contributed by atoms with van der Waals surface area (Å²) in [5, 5.41) is 16.8. The number of anilines is 3. The SMILES string of the molecule is Cc1ccsc1NC(=O)NCC(=O)N(CC(=O)O)c1ccc(N(C)C)cc1. The van der Waals surface area contributed by atoms with Crippen LogP contribution >= 0.6 is 11.3 Å². The number of carbonyl (C=O) groups excluding carboxylic acids is 2. The third-order valence-electron chi connectivity index (χ3n) is 3.76. The molecule has 27 heavy (non-hydrogen) atoms. The Balaban J connectivity index is 2.02. The first-order valence-corrected chi connectivity index (χ1v) is 9.04. The van der Waals surface area contributed by atoms with E-state index in [9.17, 15) is 14.4 Å². The molecule has 0 spiro atoms. The molecule has 0 bridgehead atoms. The largest absolute Gasteiger partial charge is 0.480 e. The molecule has 0 saturated heterocycles. The van der Waals surface area contributed by atoms with Gasteiger partial charge in [0.1, 0.15) is 6.54 Å². The molecule has 0 unspecified atom stereocenters. The first kappa shape index (κ1) is 20.2. The summed E-state index contributed by atoms with van der Waals surface area (Å²) in [7, 11) is 3.76. The average molecular weight is 390 g/mol. The molecule has 3 N–H and O–H groups in total. The van der Waals surface area contributed by atoms with E-state index in [0.717, 1.165) is 16.2 Å². The first-order valence-electron chi connectivity index (χ1n) is 8.16. The van der Waals surface area contributed by atoms with Gasteiger partial charge >= 0.3 is 12.0 Å². The Morgan fingerprint density at radius 1 is 1.07 bits per heavy atom. The summed E-state index contributed by atoms with van der Waals surface area (Å²) in [5.74, 6) is -1.66. The molecule has 0 aliphatic rings. The zero-order chi connectivity index (χ0) is 20.0. The van der Waals surface area contributed by atoms with E-state index >= 15 is 0 Å². The lowest BCUT2D eigenvalue weighted by atomic mass is 10.2. The number of aliphatic carboxylic acids is 1. The van der Waals surface area contributed by atoms with Crippen LogP contribution in [-0.2, 0) is 9.59 Å². The third kappa shape index (κ3) is 5.71. The molecular weight excluding hydrogens is 368 g/mol. The first-order chi connectivity index (χ1) is 12.8. The minimum Gasteiger partial charge on any atom is -0.480 e. The minimum absolute atomic E-state index is 0.320. The Hall–Kier alpha value is -3.07. The lowest BCUT2D eigenvalue weighted by Gasteiger charge is -2.22. The van der Waals surface area contributed by atoms with E-state index in [1.54, 1.807) is 24.3 Å². The standard InChI is InChI=1S/C18H22N4O4S/c1-12-8-9-27-17(12)20-18(26)19-10-15(23)22(11-16(24)25)14-6-4-13(5-7-14)21(2)3/h4-9H,10-11H2,1-3H3,(H,24,25)(H2,19,20,26). The second-order valence-corrected chi connectivity index (χ2v) is 6.94. The predicted molar refractivity (Wildman–Crippen MR) is 107 cm³/mol. The van der Waals surface area contributed by atoms with Crippen LogP contribution < -0.4 is 20.4 Å². The molecular formula is C18H22N4O4S. The van der Waals surface area contributed by atoms with Gasteiger partial charge in [0, 0.05) is 25.5 Å². The number of carbonyl (C=O) groups is 3. The molecule has 3 amide bonds. The fourth-order valence-electron chi connectivity index (χ4n) is 2.29. The van der Waals surface area contributed by atoms with Gasteiger partial charge in [0.2, 0.25) is 5.91 Å². The van der Waals surface area contributed by atoms with Crippen molar-refractivity contribution in [3.8, 4) is 0 Å². The van der Waals surface area contributed by atoms with E-state index in [-0.39, 0.29) is 6.54 Å². The number of benzene rings is 1. The van der Waals surface area contributed by atoms with Gasteiger partial charge in [-0.2, -0.15) is 0 Å². The normalized spacial score (nSPS) is 10.2. The van der Waals surface area contributed by atoms with E-state index in [0.29, 0.717) is 10.7 Å². The molecule has 0 aliphatic heterocycles. The molecule has 1 aromatic carbocycles. The predicted octanol–water partition coefficient (Wildman–Crippen LogP) is 2.36. The maximum Gasteiger partial charge on any atom is 0.323 e. The van der Waals surface area contributed by atoms with Crippen LogP contribution in [0.25, 0.3) is 0 Å². The number of rotatable bonds is 7. The molecule has 8 nitrogen and oxygen atoms in total. The molecule has 1 heterocycles. The Morgan fingerprint density at radius 3 is 2.22 bits per heavy atom. The lowest BCUT2D eigenvalue weighted by Crippen LogP contribution is -2.43. The summed E-state index contributed by atoms with van der Waals surface area (Å²) in [6, 6.07) is 8.27. The van der Waals surface area contributed by atoms with E-state index in [1.807, 2.05) is 37.4 Å². The maximum atomic E-state index is 12.5. The quantitative estimate of drug-likeness (QED) is 0.674. The van der Waals surface area contributed by atoms with E-state index in [1.165, 1.54) is 11.3 Å². The number of amides is 3. The molecule has 0 aliphatic carbocycles. The van der Waals surface area contributed by atoms with E-state index < -0.39 is 24.5 Å². The Labute approximate surface area is 161 Å². The van der Waals surface area contributed by atoms with Gasteiger partial charge in [-0.3, -0.25) is 19.8 Å². The van der Waals surface area contributed by atoms with Crippen LogP contribution in [0.4, 0.5) is 21.2 Å². The van der Waals surface area contributed by atoms with Gasteiger partial charge < -0.3 is 15.3 Å². The topological polar surface area (TPSA) is 102 Å². The molecule has 2 rings (SSSR count). The fourth-order valence-corrected chi connectivity index (χ4v) is 3.10. The van der Waals surface area contributed by atoms with Crippen molar-refractivity contribution >= 4 is 45.6 Å². The molecule has 0 atom stereocenters. The fraction of sp³-hybridized carbons (Fsp3) is 0.278. The highest BCUT2D eigenvalue weighted by molar-refractivity contribution is 7.14. The third-order valence-corrected chi connectivity index (χ3v) is 4.69. The number of nitrogens with one attached hydrogen (secondary N) is 2. The van der Waals surface area contributed by atoms with Crippen LogP contribution in [0.5, 0.6) is 0 Å². The number of hydrogen-bond donors (Lipinski definition) is 3. The van der Waals surface area contributed by atoms with Crippen molar-refractivity contribution < 1.29 is 19.5 Å². The van der Waals surface area contributed by atoms with Crippen LogP contribution in [0.1, 0.15) is 5.56 Å². The van der Waals surface area contributed by atoms with Crippen molar-refractivity contribution in [1.82, 2.24) is 5.32 Å². The van der Waals surface area contributed by atoms with Gasteiger partial charge in [0.15, 0.2) is 0 Å². The molecule has 144 valence electrons. The molecule has 1 aromatic heterocycles. The number of nitrogens with zero attached hydrogens (tertiary/aromatic N) is 2. The van der Waals surface area contributed by atoms with Gasteiger partial charge in [-0.05, 0) is 48.2 Å². The molecule has 0 saturated carbocycles. The zero-order valence-electron chi connectivity index (χ0n) is 15.4.